The van der Waals surface area contributed by atoms with Gasteiger partial charge in [0.2, 0.25) is 0 Å². The Balaban J connectivity index is 1.25. The van der Waals surface area contributed by atoms with Crippen LogP contribution in [0.3, 0.4) is 0 Å². The predicted octanol–water partition coefficient (Wildman–Crippen LogP) is 13.6. The average Bonchev–Trinajstić information content (AvgIpc) is 3.67. The molecule has 0 N–H and O–H groups in total. The number of hydrogen-bond acceptors (Lipinski definition) is 3. The SMILES string of the molecule is CCCCc1cc2c3c(c1)N1c4c(cc(CCCC)cc4C4(C)CCCCC14C)B3N(c1ccccc1)c1cc3c(cc1-2)oc1cc2c(cc13)C(C)(C)CCC2(C)C. The standard InChI is InChI=1S/C54H61BN2O/c1-9-11-18-34-26-40-37-32-47-39(38-30-41-42(33-48(38)58-47)52(5,6)25-24-51(41,3)4)31-45(37)57(36-20-14-13-15-21-36)55-44-28-35(19-12-10-2)27-43-50(44)56(46(29-34)49(40)55)54(8)23-17-16-22-53(43,54)7/h13-15,20-21,26-33H,9-12,16-19,22-25H2,1-8H3. The molecule has 1 saturated carbocycles. The van der Waals surface area contributed by atoms with Crippen LogP contribution in [0.15, 0.2) is 83.3 Å². The van der Waals surface area contributed by atoms with E-state index in [0.29, 0.717) is 0 Å². The van der Waals surface area contributed by atoms with Gasteiger partial charge in [0.15, 0.2) is 0 Å². The average molecular weight is 765 g/mol. The number of unbranched alkanes of at least 4 members (excludes halogenated alkanes) is 2. The summed E-state index contributed by atoms with van der Waals surface area (Å²) in [5.41, 5.74) is 21.1. The van der Waals surface area contributed by atoms with Gasteiger partial charge in [0.25, 0.3) is 0 Å². The minimum atomic E-state index is 0.00897. The zero-order valence-corrected chi connectivity index (χ0v) is 36.4. The molecular weight excluding hydrogens is 703 g/mol. The number of fused-ring (bicyclic) bond motifs is 11. The summed E-state index contributed by atoms with van der Waals surface area (Å²) in [5.74, 6) is 0. The van der Waals surface area contributed by atoms with Crippen molar-refractivity contribution in [2.45, 2.75) is 154 Å². The number of nitrogens with zero attached hydrogens (tertiary/aromatic N) is 2. The van der Waals surface area contributed by atoms with Crippen LogP contribution in [0, 0.1) is 0 Å². The molecule has 0 saturated heterocycles. The van der Waals surface area contributed by atoms with Crippen molar-refractivity contribution >= 4 is 62.5 Å². The van der Waals surface area contributed by atoms with Gasteiger partial charge in [-0.05, 0) is 156 Å². The maximum absolute atomic E-state index is 7.03. The summed E-state index contributed by atoms with van der Waals surface area (Å²) < 4.78 is 7.03. The van der Waals surface area contributed by atoms with E-state index in [1.54, 1.807) is 5.56 Å². The van der Waals surface area contributed by atoms with Crippen molar-refractivity contribution in [1.82, 2.24) is 0 Å². The summed E-state index contributed by atoms with van der Waals surface area (Å²) >= 11 is 0. The first kappa shape index (κ1) is 36.6. The number of aryl methyl sites for hydroxylation is 2. The first-order chi connectivity index (χ1) is 27.9. The summed E-state index contributed by atoms with van der Waals surface area (Å²) in [6, 6.07) is 31.7. The van der Waals surface area contributed by atoms with Crippen LogP contribution in [0.1, 0.15) is 147 Å². The number of benzene rings is 5. The molecule has 3 aliphatic heterocycles. The highest BCUT2D eigenvalue weighted by molar-refractivity contribution is 6.93. The molecule has 6 aromatic rings. The lowest BCUT2D eigenvalue weighted by Gasteiger charge is -2.53. The van der Waals surface area contributed by atoms with Crippen molar-refractivity contribution < 1.29 is 4.42 Å². The summed E-state index contributed by atoms with van der Waals surface area (Å²) in [7, 11) is 0. The van der Waals surface area contributed by atoms with Gasteiger partial charge >= 0.3 is 6.85 Å². The van der Waals surface area contributed by atoms with Crippen LogP contribution in [0.2, 0.25) is 0 Å². The highest BCUT2D eigenvalue weighted by Crippen LogP contribution is 2.62. The van der Waals surface area contributed by atoms with Crippen molar-refractivity contribution in [2.24, 2.45) is 0 Å². The second-order valence-corrected chi connectivity index (χ2v) is 20.8. The van der Waals surface area contributed by atoms with Gasteiger partial charge < -0.3 is 14.1 Å². The van der Waals surface area contributed by atoms with Crippen molar-refractivity contribution in [3.8, 4) is 11.1 Å². The molecule has 1 fully saturated rings. The molecule has 58 heavy (non-hydrogen) atoms. The normalized spacial score (nSPS) is 23.1. The van der Waals surface area contributed by atoms with E-state index >= 15 is 0 Å². The second kappa shape index (κ2) is 12.5. The molecule has 4 heteroatoms. The molecule has 0 radical (unpaired) electrons. The molecular formula is C54H61BN2O. The maximum atomic E-state index is 7.03. The molecule has 296 valence electrons. The number of para-hydroxylation sites is 1. The molecule has 3 nitrogen and oxygen atoms in total. The third-order valence-electron chi connectivity index (χ3n) is 16.4. The number of anilines is 4. The zero-order valence-electron chi connectivity index (χ0n) is 36.4. The summed E-state index contributed by atoms with van der Waals surface area (Å²) in [6.07, 6.45) is 14.5. The van der Waals surface area contributed by atoms with Gasteiger partial charge in [-0.1, -0.05) is 111 Å². The lowest BCUT2D eigenvalue weighted by atomic mass is 9.43. The van der Waals surface area contributed by atoms with Crippen LogP contribution in [0.25, 0.3) is 33.1 Å². The van der Waals surface area contributed by atoms with Crippen LogP contribution >= 0.6 is 0 Å². The van der Waals surface area contributed by atoms with E-state index in [1.807, 2.05) is 0 Å². The third-order valence-corrected chi connectivity index (χ3v) is 16.4. The van der Waals surface area contributed by atoms with Crippen LogP contribution in [0.5, 0.6) is 0 Å². The molecule has 2 atom stereocenters. The van der Waals surface area contributed by atoms with E-state index < -0.39 is 0 Å². The Labute approximate surface area is 347 Å². The fraction of sp³-hybridized carbons (Fsp3) is 0.444. The molecule has 2 aliphatic carbocycles. The van der Waals surface area contributed by atoms with Gasteiger partial charge in [-0.15, -0.1) is 0 Å². The minimum absolute atomic E-state index is 0.00897. The largest absolute Gasteiger partial charge is 0.456 e. The number of rotatable bonds is 7. The van der Waals surface area contributed by atoms with Crippen molar-refractivity contribution in [2.75, 3.05) is 9.71 Å². The number of furan rings is 1. The first-order valence-electron chi connectivity index (χ1n) is 22.9. The topological polar surface area (TPSA) is 19.6 Å². The highest BCUT2D eigenvalue weighted by Gasteiger charge is 2.62. The zero-order chi connectivity index (χ0) is 39.9. The Kier molecular flexibility index (Phi) is 7.92. The lowest BCUT2D eigenvalue weighted by Crippen LogP contribution is -2.64. The monoisotopic (exact) mass is 764 g/mol. The molecule has 0 bridgehead atoms. The van der Waals surface area contributed by atoms with Gasteiger partial charge in [0.1, 0.15) is 11.2 Å². The van der Waals surface area contributed by atoms with Crippen molar-refractivity contribution in [3.05, 3.63) is 107 Å². The van der Waals surface area contributed by atoms with Gasteiger partial charge in [-0.25, -0.2) is 0 Å². The van der Waals surface area contributed by atoms with Gasteiger partial charge in [0.05, 0.1) is 5.54 Å². The summed E-state index contributed by atoms with van der Waals surface area (Å²) in [4.78, 5) is 5.65. The molecule has 0 spiro atoms. The van der Waals surface area contributed by atoms with Crippen LogP contribution in [-0.2, 0) is 29.1 Å². The van der Waals surface area contributed by atoms with Crippen molar-refractivity contribution in [3.63, 3.8) is 0 Å². The van der Waals surface area contributed by atoms with Crippen LogP contribution < -0.4 is 20.6 Å². The molecule has 4 heterocycles. The fourth-order valence-corrected chi connectivity index (χ4v) is 12.7. The van der Waals surface area contributed by atoms with Crippen molar-refractivity contribution in [1.29, 1.82) is 0 Å². The Morgan fingerprint density at radius 2 is 1.28 bits per heavy atom. The Bertz CT molecular complexity index is 2670. The Hall–Kier alpha value is -4.44. The fourth-order valence-electron chi connectivity index (χ4n) is 12.7. The van der Waals surface area contributed by atoms with Crippen LogP contribution in [-0.4, -0.2) is 12.4 Å². The Morgan fingerprint density at radius 3 is 2.00 bits per heavy atom. The minimum Gasteiger partial charge on any atom is -0.456 e. The highest BCUT2D eigenvalue weighted by atomic mass is 16.3. The van der Waals surface area contributed by atoms with E-state index in [1.165, 1.54) is 142 Å². The first-order valence-corrected chi connectivity index (χ1v) is 22.9. The molecule has 11 rings (SSSR count). The van der Waals surface area contributed by atoms with Gasteiger partial charge in [-0.2, -0.15) is 0 Å². The maximum Gasteiger partial charge on any atom is 0.333 e. The van der Waals surface area contributed by atoms with E-state index in [0.717, 1.165) is 24.0 Å². The molecule has 5 aliphatic rings. The van der Waals surface area contributed by atoms with Crippen LogP contribution in [0.4, 0.5) is 22.7 Å². The third kappa shape index (κ3) is 4.87. The molecule has 0 amide bonds. The summed E-state index contributed by atoms with van der Waals surface area (Å²) in [6.45, 7) is 19.7. The smallest absolute Gasteiger partial charge is 0.333 e. The predicted molar refractivity (Wildman–Crippen MR) is 248 cm³/mol. The second-order valence-electron chi connectivity index (χ2n) is 20.8. The van der Waals surface area contributed by atoms with Gasteiger partial charge in [0, 0.05) is 44.5 Å². The van der Waals surface area contributed by atoms with E-state index in [-0.39, 0.29) is 28.6 Å². The summed E-state index contributed by atoms with van der Waals surface area (Å²) in [5, 5.41) is 2.48. The molecule has 1 aromatic heterocycles. The lowest BCUT2D eigenvalue weighted by molar-refractivity contribution is 0.195. The molecule has 2 unspecified atom stereocenters. The Morgan fingerprint density at radius 1 is 0.621 bits per heavy atom. The quantitative estimate of drug-likeness (QED) is 0.151. The number of hydrogen-bond donors (Lipinski definition) is 0. The van der Waals surface area contributed by atoms with Gasteiger partial charge in [-0.3, -0.25) is 0 Å². The van der Waals surface area contributed by atoms with E-state index in [2.05, 4.69) is 144 Å². The van der Waals surface area contributed by atoms with E-state index in [4.69, 9.17) is 4.42 Å². The molecule has 5 aromatic carbocycles. The van der Waals surface area contributed by atoms with E-state index in [9.17, 15) is 0 Å².